The summed E-state index contributed by atoms with van der Waals surface area (Å²) in [6, 6.07) is 1.84. The Kier molecular flexibility index (Phi) is 4.94. The smallest absolute Gasteiger partial charge is 0.267 e. The number of aromatic nitrogens is 4. The summed E-state index contributed by atoms with van der Waals surface area (Å²) in [5, 5.41) is 7.07. The molecule has 2 heterocycles. The van der Waals surface area contributed by atoms with Gasteiger partial charge in [0.05, 0.1) is 0 Å². The van der Waals surface area contributed by atoms with E-state index in [9.17, 15) is 4.79 Å². The molecule has 20 heavy (non-hydrogen) atoms. The molecule has 0 unspecified atom stereocenters. The molecule has 2 aromatic heterocycles. The molecule has 0 radical (unpaired) electrons. The lowest BCUT2D eigenvalue weighted by Gasteiger charge is -2.07. The Balaban J connectivity index is 1.91. The number of halogens is 1. The van der Waals surface area contributed by atoms with Gasteiger partial charge in [-0.1, -0.05) is 6.92 Å². The van der Waals surface area contributed by atoms with Gasteiger partial charge in [0.2, 0.25) is 0 Å². The molecule has 1 amide bonds. The van der Waals surface area contributed by atoms with E-state index in [1.54, 1.807) is 11.0 Å². The van der Waals surface area contributed by atoms with Crippen molar-refractivity contribution in [2.45, 2.75) is 26.3 Å². The molecule has 7 heteroatoms. The zero-order chi connectivity index (χ0) is 14.5. The van der Waals surface area contributed by atoms with Gasteiger partial charge in [0.15, 0.2) is 5.82 Å². The van der Waals surface area contributed by atoms with Gasteiger partial charge in [-0.3, -0.25) is 9.48 Å². The minimum atomic E-state index is -0.0694. The van der Waals surface area contributed by atoms with Crippen LogP contribution < -0.4 is 5.32 Å². The summed E-state index contributed by atoms with van der Waals surface area (Å²) in [5.41, 5.74) is 0.674. The van der Waals surface area contributed by atoms with E-state index in [-0.39, 0.29) is 5.91 Å². The molecule has 6 nitrogen and oxygen atoms in total. The molecule has 0 bridgehead atoms. The third-order valence-electron chi connectivity index (χ3n) is 2.84. The highest BCUT2D eigenvalue weighted by molar-refractivity contribution is 9.10. The number of nitrogens with one attached hydrogen (secondary N) is 1. The Morgan fingerprint density at radius 1 is 1.50 bits per heavy atom. The first-order valence-corrected chi connectivity index (χ1v) is 7.38. The number of nitrogens with zero attached hydrogens (tertiary/aromatic N) is 4. The molecular weight excluding hydrogens is 322 g/mol. The highest BCUT2D eigenvalue weighted by atomic mass is 79.9. The van der Waals surface area contributed by atoms with Crippen molar-refractivity contribution in [1.82, 2.24) is 24.6 Å². The van der Waals surface area contributed by atoms with E-state index in [0.29, 0.717) is 18.7 Å². The highest BCUT2D eigenvalue weighted by Crippen LogP contribution is 2.15. The standard InChI is InChI=1S/C13H18BrN5O/c1-3-6-19-8-10(14)7-11(19)13(20)15-5-4-12-16-9-18(2)17-12/h7-9H,3-6H2,1-2H3,(H,15,20). The number of amides is 1. The van der Waals surface area contributed by atoms with E-state index < -0.39 is 0 Å². The second-order valence-electron chi connectivity index (χ2n) is 4.58. The fourth-order valence-corrected chi connectivity index (χ4v) is 2.43. The largest absolute Gasteiger partial charge is 0.350 e. The SMILES string of the molecule is CCCn1cc(Br)cc1C(=O)NCCc1ncn(C)n1. The fourth-order valence-electron chi connectivity index (χ4n) is 1.97. The summed E-state index contributed by atoms with van der Waals surface area (Å²) >= 11 is 3.41. The number of carbonyl (C=O) groups excluding carboxylic acids is 1. The maximum Gasteiger partial charge on any atom is 0.267 e. The lowest BCUT2D eigenvalue weighted by Crippen LogP contribution is -2.28. The summed E-state index contributed by atoms with van der Waals surface area (Å²) in [6.07, 6.45) is 5.20. The molecule has 0 atom stereocenters. The van der Waals surface area contributed by atoms with Crippen molar-refractivity contribution < 1.29 is 4.79 Å². The Morgan fingerprint density at radius 3 is 2.95 bits per heavy atom. The van der Waals surface area contributed by atoms with Crippen LogP contribution in [-0.2, 0) is 20.0 Å². The molecule has 0 saturated heterocycles. The predicted octanol–water partition coefficient (Wildman–Crippen LogP) is 1.76. The number of aryl methyl sites for hydroxylation is 2. The summed E-state index contributed by atoms with van der Waals surface area (Å²) < 4.78 is 4.53. The van der Waals surface area contributed by atoms with Gasteiger partial charge in [0.1, 0.15) is 12.0 Å². The maximum absolute atomic E-state index is 12.2. The molecule has 0 aliphatic carbocycles. The maximum atomic E-state index is 12.2. The van der Waals surface area contributed by atoms with Crippen LogP contribution in [0.3, 0.4) is 0 Å². The molecule has 2 aromatic rings. The fraction of sp³-hybridized carbons (Fsp3) is 0.462. The van der Waals surface area contributed by atoms with E-state index >= 15 is 0 Å². The number of rotatable bonds is 6. The van der Waals surface area contributed by atoms with Crippen molar-refractivity contribution >= 4 is 21.8 Å². The van der Waals surface area contributed by atoms with Crippen molar-refractivity contribution in [1.29, 1.82) is 0 Å². The van der Waals surface area contributed by atoms with Gasteiger partial charge in [0.25, 0.3) is 5.91 Å². The lowest BCUT2D eigenvalue weighted by atomic mass is 10.3. The van der Waals surface area contributed by atoms with E-state index in [0.717, 1.165) is 23.3 Å². The van der Waals surface area contributed by atoms with E-state index in [2.05, 4.69) is 38.3 Å². The summed E-state index contributed by atoms with van der Waals surface area (Å²) in [6.45, 7) is 3.44. The monoisotopic (exact) mass is 339 g/mol. The van der Waals surface area contributed by atoms with Crippen LogP contribution in [0.25, 0.3) is 0 Å². The normalized spacial score (nSPS) is 10.8. The van der Waals surface area contributed by atoms with Crippen molar-refractivity contribution in [3.63, 3.8) is 0 Å². The molecule has 0 aliphatic rings. The summed E-state index contributed by atoms with van der Waals surface area (Å²) in [5.74, 6) is 0.665. The van der Waals surface area contributed by atoms with E-state index in [1.165, 1.54) is 0 Å². The number of carbonyl (C=O) groups is 1. The Bertz CT molecular complexity index is 589. The van der Waals surface area contributed by atoms with Gasteiger partial charge < -0.3 is 9.88 Å². The average molecular weight is 340 g/mol. The summed E-state index contributed by atoms with van der Waals surface area (Å²) in [7, 11) is 1.82. The van der Waals surface area contributed by atoms with Gasteiger partial charge in [0, 0.05) is 37.2 Å². The highest BCUT2D eigenvalue weighted by Gasteiger charge is 2.12. The first-order valence-electron chi connectivity index (χ1n) is 6.58. The van der Waals surface area contributed by atoms with Crippen LogP contribution in [0.4, 0.5) is 0 Å². The molecule has 108 valence electrons. The van der Waals surface area contributed by atoms with Crippen molar-refractivity contribution in [3.8, 4) is 0 Å². The quantitative estimate of drug-likeness (QED) is 0.872. The first-order chi connectivity index (χ1) is 9.60. The van der Waals surface area contributed by atoms with Gasteiger partial charge in [-0.15, -0.1) is 0 Å². The van der Waals surface area contributed by atoms with Crippen molar-refractivity contribution in [3.05, 3.63) is 34.6 Å². The average Bonchev–Trinajstić information content (AvgIpc) is 2.96. The zero-order valence-corrected chi connectivity index (χ0v) is 13.2. The molecule has 0 aromatic carbocycles. The predicted molar refractivity (Wildman–Crippen MR) is 79.5 cm³/mol. The lowest BCUT2D eigenvalue weighted by molar-refractivity contribution is 0.0944. The molecular formula is C13H18BrN5O. The minimum absolute atomic E-state index is 0.0694. The zero-order valence-electron chi connectivity index (χ0n) is 11.6. The van der Waals surface area contributed by atoms with Crippen molar-refractivity contribution in [2.75, 3.05) is 6.54 Å². The Morgan fingerprint density at radius 2 is 2.30 bits per heavy atom. The minimum Gasteiger partial charge on any atom is -0.350 e. The van der Waals surface area contributed by atoms with E-state index in [4.69, 9.17) is 0 Å². The molecule has 0 aliphatic heterocycles. The van der Waals surface area contributed by atoms with Gasteiger partial charge in [-0.05, 0) is 28.4 Å². The molecule has 0 spiro atoms. The van der Waals surface area contributed by atoms with Gasteiger partial charge in [-0.2, -0.15) is 5.10 Å². The Labute approximate surface area is 126 Å². The van der Waals surface area contributed by atoms with Crippen LogP contribution in [0.5, 0.6) is 0 Å². The van der Waals surface area contributed by atoms with Crippen LogP contribution in [0, 0.1) is 0 Å². The van der Waals surface area contributed by atoms with Gasteiger partial charge >= 0.3 is 0 Å². The summed E-state index contributed by atoms with van der Waals surface area (Å²) in [4.78, 5) is 16.3. The first kappa shape index (κ1) is 14.8. The third kappa shape index (κ3) is 3.69. The van der Waals surface area contributed by atoms with Crippen LogP contribution in [0.1, 0.15) is 29.7 Å². The molecule has 1 N–H and O–H groups in total. The molecule has 2 rings (SSSR count). The number of hydrogen-bond donors (Lipinski definition) is 1. The molecule has 0 saturated carbocycles. The topological polar surface area (TPSA) is 64.7 Å². The van der Waals surface area contributed by atoms with Crippen LogP contribution in [-0.4, -0.2) is 31.8 Å². The second kappa shape index (κ2) is 6.69. The Hall–Kier alpha value is -1.63. The van der Waals surface area contributed by atoms with Crippen LogP contribution in [0.2, 0.25) is 0 Å². The second-order valence-corrected chi connectivity index (χ2v) is 5.49. The van der Waals surface area contributed by atoms with Crippen LogP contribution >= 0.6 is 15.9 Å². The number of hydrogen-bond acceptors (Lipinski definition) is 3. The molecule has 0 fully saturated rings. The van der Waals surface area contributed by atoms with E-state index in [1.807, 2.05) is 23.9 Å². The van der Waals surface area contributed by atoms with Crippen molar-refractivity contribution in [2.24, 2.45) is 7.05 Å². The van der Waals surface area contributed by atoms with Gasteiger partial charge in [-0.25, -0.2) is 4.98 Å². The van der Waals surface area contributed by atoms with Crippen LogP contribution in [0.15, 0.2) is 23.1 Å². The third-order valence-corrected chi connectivity index (χ3v) is 3.28.